The highest BCUT2D eigenvalue weighted by Gasteiger charge is 2.13. The zero-order valence-corrected chi connectivity index (χ0v) is 13.9. The Balaban J connectivity index is 2.06. The second-order valence-corrected chi connectivity index (χ2v) is 5.28. The molecule has 0 saturated carbocycles. The Morgan fingerprint density at radius 1 is 1.00 bits per heavy atom. The molecular weight excluding hydrogens is 290 g/mol. The van der Waals surface area contributed by atoms with Gasteiger partial charge in [-0.25, -0.2) is 0 Å². The number of rotatable bonds is 8. The zero-order valence-electron chi connectivity index (χ0n) is 13.9. The van der Waals surface area contributed by atoms with Gasteiger partial charge < -0.3 is 9.47 Å². The molecule has 2 aromatic rings. The van der Waals surface area contributed by atoms with Gasteiger partial charge in [0, 0.05) is 12.1 Å². The molecule has 0 bridgehead atoms. The molecule has 0 aromatic heterocycles. The van der Waals surface area contributed by atoms with Crippen molar-refractivity contribution < 1.29 is 14.3 Å². The van der Waals surface area contributed by atoms with E-state index in [1.165, 1.54) is 0 Å². The highest BCUT2D eigenvalue weighted by Crippen LogP contribution is 2.28. The lowest BCUT2D eigenvalue weighted by Crippen LogP contribution is -2.29. The number of carbonyl (C=O) groups excluding carboxylic acids is 1. The number of ketones is 1. The van der Waals surface area contributed by atoms with Gasteiger partial charge in [0.1, 0.15) is 0 Å². The Bertz CT molecular complexity index is 640. The summed E-state index contributed by atoms with van der Waals surface area (Å²) in [4.78, 5) is 14.4. The van der Waals surface area contributed by atoms with Crippen LogP contribution in [0.15, 0.2) is 48.5 Å². The number of carbonyl (C=O) groups is 1. The molecule has 0 fully saturated rings. The SMILES string of the molecule is CCN(CC(=O)c1ccccc1)Cc1ccc(OC)c(OC)c1. The fourth-order valence-corrected chi connectivity index (χ4v) is 2.44. The van der Waals surface area contributed by atoms with Crippen LogP contribution in [0.4, 0.5) is 0 Å². The van der Waals surface area contributed by atoms with Crippen LogP contribution in [-0.2, 0) is 6.54 Å². The minimum atomic E-state index is 0.132. The van der Waals surface area contributed by atoms with E-state index in [4.69, 9.17) is 9.47 Å². The van der Waals surface area contributed by atoms with Crippen LogP contribution in [0.2, 0.25) is 0 Å². The predicted molar refractivity (Wildman–Crippen MR) is 91.3 cm³/mol. The van der Waals surface area contributed by atoms with Gasteiger partial charge in [0.25, 0.3) is 0 Å². The Hall–Kier alpha value is -2.33. The van der Waals surface area contributed by atoms with Crippen LogP contribution in [0.25, 0.3) is 0 Å². The van der Waals surface area contributed by atoms with E-state index in [0.717, 1.165) is 17.7 Å². The number of nitrogens with zero attached hydrogens (tertiary/aromatic N) is 1. The first-order valence-electron chi connectivity index (χ1n) is 7.69. The first kappa shape index (κ1) is 17.0. The Labute approximate surface area is 137 Å². The third-order valence-electron chi connectivity index (χ3n) is 3.76. The summed E-state index contributed by atoms with van der Waals surface area (Å²) in [7, 11) is 3.24. The fourth-order valence-electron chi connectivity index (χ4n) is 2.44. The second-order valence-electron chi connectivity index (χ2n) is 5.28. The molecule has 0 aliphatic rings. The van der Waals surface area contributed by atoms with Crippen LogP contribution >= 0.6 is 0 Å². The molecule has 0 aliphatic carbocycles. The number of Topliss-reactive ketones (excluding diaryl/α,β-unsaturated/α-hetero) is 1. The molecule has 122 valence electrons. The normalized spacial score (nSPS) is 10.6. The van der Waals surface area contributed by atoms with Crippen LogP contribution in [0, 0.1) is 0 Å². The largest absolute Gasteiger partial charge is 0.493 e. The van der Waals surface area contributed by atoms with E-state index in [0.29, 0.717) is 24.6 Å². The Morgan fingerprint density at radius 3 is 2.30 bits per heavy atom. The molecule has 4 nitrogen and oxygen atoms in total. The van der Waals surface area contributed by atoms with Crippen molar-refractivity contribution in [2.45, 2.75) is 13.5 Å². The van der Waals surface area contributed by atoms with E-state index in [1.807, 2.05) is 48.5 Å². The molecule has 2 aromatic carbocycles. The minimum Gasteiger partial charge on any atom is -0.493 e. The topological polar surface area (TPSA) is 38.8 Å². The third kappa shape index (κ3) is 4.57. The van der Waals surface area contributed by atoms with Gasteiger partial charge in [0.15, 0.2) is 17.3 Å². The second kappa shape index (κ2) is 8.34. The molecule has 0 amide bonds. The maximum atomic E-state index is 12.3. The lowest BCUT2D eigenvalue weighted by molar-refractivity contribution is 0.0929. The van der Waals surface area contributed by atoms with E-state index in [1.54, 1.807) is 14.2 Å². The highest BCUT2D eigenvalue weighted by molar-refractivity contribution is 5.97. The van der Waals surface area contributed by atoms with E-state index >= 15 is 0 Å². The number of hydrogen-bond acceptors (Lipinski definition) is 4. The molecule has 0 N–H and O–H groups in total. The number of likely N-dealkylation sites (N-methyl/N-ethyl adjacent to an activating group) is 1. The summed E-state index contributed by atoms with van der Waals surface area (Å²) in [6.45, 7) is 3.94. The molecule has 0 spiro atoms. The van der Waals surface area contributed by atoms with Crippen molar-refractivity contribution in [3.8, 4) is 11.5 Å². The first-order valence-corrected chi connectivity index (χ1v) is 7.69. The summed E-state index contributed by atoms with van der Waals surface area (Å²) in [5, 5.41) is 0. The molecular formula is C19H23NO3. The summed E-state index contributed by atoms with van der Waals surface area (Å²) in [6, 6.07) is 15.2. The van der Waals surface area contributed by atoms with E-state index in [9.17, 15) is 4.79 Å². The maximum Gasteiger partial charge on any atom is 0.176 e. The predicted octanol–water partition coefficient (Wildman–Crippen LogP) is 3.41. The van der Waals surface area contributed by atoms with E-state index in [-0.39, 0.29) is 5.78 Å². The summed E-state index contributed by atoms with van der Waals surface area (Å²) < 4.78 is 10.6. The van der Waals surface area contributed by atoms with Gasteiger partial charge in [-0.2, -0.15) is 0 Å². The standard InChI is InChI=1S/C19H23NO3/c1-4-20(14-17(21)16-8-6-5-7-9-16)13-15-10-11-18(22-2)19(12-15)23-3/h5-12H,4,13-14H2,1-3H3. The smallest absolute Gasteiger partial charge is 0.176 e. The molecule has 0 saturated heterocycles. The van der Waals surface area contributed by atoms with Crippen molar-refractivity contribution in [2.24, 2.45) is 0 Å². The van der Waals surface area contributed by atoms with Crippen molar-refractivity contribution in [1.82, 2.24) is 4.90 Å². The maximum absolute atomic E-state index is 12.3. The van der Waals surface area contributed by atoms with Gasteiger partial charge in [-0.15, -0.1) is 0 Å². The van der Waals surface area contributed by atoms with Crippen molar-refractivity contribution >= 4 is 5.78 Å². The lowest BCUT2D eigenvalue weighted by Gasteiger charge is -2.20. The van der Waals surface area contributed by atoms with Gasteiger partial charge in [-0.1, -0.05) is 43.3 Å². The monoisotopic (exact) mass is 313 g/mol. The number of benzene rings is 2. The average Bonchev–Trinajstić information content (AvgIpc) is 2.61. The van der Waals surface area contributed by atoms with Crippen LogP contribution < -0.4 is 9.47 Å². The van der Waals surface area contributed by atoms with Crippen molar-refractivity contribution in [3.05, 3.63) is 59.7 Å². The average molecular weight is 313 g/mol. The Kier molecular flexibility index (Phi) is 6.18. The van der Waals surface area contributed by atoms with Gasteiger partial charge in [0.2, 0.25) is 0 Å². The van der Waals surface area contributed by atoms with Crippen molar-refractivity contribution in [3.63, 3.8) is 0 Å². The fraction of sp³-hybridized carbons (Fsp3) is 0.316. The number of ether oxygens (including phenoxy) is 2. The number of hydrogen-bond donors (Lipinski definition) is 0. The zero-order chi connectivity index (χ0) is 16.7. The molecule has 23 heavy (non-hydrogen) atoms. The molecule has 0 heterocycles. The van der Waals surface area contributed by atoms with Gasteiger partial charge in [-0.05, 0) is 24.2 Å². The first-order chi connectivity index (χ1) is 11.2. The van der Waals surface area contributed by atoms with Crippen LogP contribution in [0.1, 0.15) is 22.8 Å². The molecule has 0 unspecified atom stereocenters. The van der Waals surface area contributed by atoms with Crippen molar-refractivity contribution in [2.75, 3.05) is 27.3 Å². The van der Waals surface area contributed by atoms with Gasteiger partial charge in [-0.3, -0.25) is 9.69 Å². The summed E-state index contributed by atoms with van der Waals surface area (Å²) >= 11 is 0. The van der Waals surface area contributed by atoms with E-state index in [2.05, 4.69) is 11.8 Å². The summed E-state index contributed by atoms with van der Waals surface area (Å²) in [5.74, 6) is 1.54. The van der Waals surface area contributed by atoms with Crippen LogP contribution in [0.3, 0.4) is 0 Å². The molecule has 0 radical (unpaired) electrons. The number of methoxy groups -OCH3 is 2. The third-order valence-corrected chi connectivity index (χ3v) is 3.76. The highest BCUT2D eigenvalue weighted by atomic mass is 16.5. The lowest BCUT2D eigenvalue weighted by atomic mass is 10.1. The van der Waals surface area contributed by atoms with Gasteiger partial charge in [0.05, 0.1) is 20.8 Å². The minimum absolute atomic E-state index is 0.132. The molecule has 2 rings (SSSR count). The van der Waals surface area contributed by atoms with E-state index < -0.39 is 0 Å². The molecule has 0 atom stereocenters. The summed E-state index contributed by atoms with van der Waals surface area (Å²) in [6.07, 6.45) is 0. The molecule has 4 heteroatoms. The van der Waals surface area contributed by atoms with Crippen molar-refractivity contribution in [1.29, 1.82) is 0 Å². The summed E-state index contributed by atoms with van der Waals surface area (Å²) in [5.41, 5.74) is 1.84. The van der Waals surface area contributed by atoms with Gasteiger partial charge >= 0.3 is 0 Å². The Morgan fingerprint density at radius 2 is 1.70 bits per heavy atom. The van der Waals surface area contributed by atoms with Crippen LogP contribution in [-0.4, -0.2) is 38.0 Å². The quantitative estimate of drug-likeness (QED) is 0.700. The van der Waals surface area contributed by atoms with Crippen LogP contribution in [0.5, 0.6) is 11.5 Å². The molecule has 0 aliphatic heterocycles.